The van der Waals surface area contributed by atoms with E-state index < -0.39 is 0 Å². The van der Waals surface area contributed by atoms with E-state index in [1.165, 1.54) is 0 Å². The number of aromatic nitrogens is 1. The number of hydrogen-bond donors (Lipinski definition) is 1. The molecule has 1 N–H and O–H groups in total. The zero-order chi connectivity index (χ0) is 14.4. The highest BCUT2D eigenvalue weighted by molar-refractivity contribution is 6.31. The SMILES string of the molecule is CCOc1ccc(Cl)cc1C(=O)NCc1cccnc1. The van der Waals surface area contributed by atoms with E-state index in [-0.39, 0.29) is 5.91 Å². The Labute approximate surface area is 122 Å². The molecule has 1 amide bonds. The molecule has 0 saturated heterocycles. The van der Waals surface area contributed by atoms with Crippen LogP contribution in [0.2, 0.25) is 5.02 Å². The Balaban J connectivity index is 2.10. The lowest BCUT2D eigenvalue weighted by Crippen LogP contribution is -2.23. The first kappa shape index (κ1) is 14.3. The van der Waals surface area contributed by atoms with E-state index in [0.717, 1.165) is 5.56 Å². The van der Waals surface area contributed by atoms with Gasteiger partial charge in [0.15, 0.2) is 0 Å². The maximum atomic E-state index is 12.2. The smallest absolute Gasteiger partial charge is 0.255 e. The highest BCUT2D eigenvalue weighted by atomic mass is 35.5. The average molecular weight is 291 g/mol. The summed E-state index contributed by atoms with van der Waals surface area (Å²) in [5, 5.41) is 3.32. The van der Waals surface area contributed by atoms with Crippen LogP contribution in [0, 0.1) is 0 Å². The largest absolute Gasteiger partial charge is 0.493 e. The molecule has 2 rings (SSSR count). The van der Waals surface area contributed by atoms with E-state index in [1.54, 1.807) is 30.6 Å². The molecule has 0 aliphatic rings. The van der Waals surface area contributed by atoms with Crippen molar-refractivity contribution in [3.63, 3.8) is 0 Å². The number of nitrogens with zero attached hydrogens (tertiary/aromatic N) is 1. The molecule has 0 bridgehead atoms. The van der Waals surface area contributed by atoms with Crippen LogP contribution >= 0.6 is 11.6 Å². The van der Waals surface area contributed by atoms with Crippen LogP contribution in [0.15, 0.2) is 42.7 Å². The van der Waals surface area contributed by atoms with Crippen molar-refractivity contribution in [1.29, 1.82) is 0 Å². The zero-order valence-corrected chi connectivity index (χ0v) is 11.9. The summed E-state index contributed by atoms with van der Waals surface area (Å²) in [5.74, 6) is 0.306. The third-order valence-corrected chi connectivity index (χ3v) is 2.90. The van der Waals surface area contributed by atoms with Gasteiger partial charge in [-0.2, -0.15) is 0 Å². The molecule has 0 spiro atoms. The quantitative estimate of drug-likeness (QED) is 0.921. The third kappa shape index (κ3) is 3.71. The Hall–Kier alpha value is -2.07. The van der Waals surface area contributed by atoms with E-state index in [1.807, 2.05) is 19.1 Å². The number of hydrogen-bond acceptors (Lipinski definition) is 3. The molecule has 5 heteroatoms. The lowest BCUT2D eigenvalue weighted by Gasteiger charge is -2.11. The number of ether oxygens (including phenoxy) is 1. The molecule has 1 aromatic heterocycles. The first-order valence-corrected chi connectivity index (χ1v) is 6.68. The minimum absolute atomic E-state index is 0.222. The van der Waals surface area contributed by atoms with Crippen LogP contribution in [0.25, 0.3) is 0 Å². The first-order valence-electron chi connectivity index (χ1n) is 6.30. The van der Waals surface area contributed by atoms with Crippen molar-refractivity contribution in [3.05, 3.63) is 58.9 Å². The van der Waals surface area contributed by atoms with Gasteiger partial charge < -0.3 is 10.1 Å². The molecule has 0 aliphatic heterocycles. The van der Waals surface area contributed by atoms with Gasteiger partial charge in [0.1, 0.15) is 5.75 Å². The number of carbonyl (C=O) groups excluding carboxylic acids is 1. The van der Waals surface area contributed by atoms with E-state index in [9.17, 15) is 4.79 Å². The predicted octanol–water partition coefficient (Wildman–Crippen LogP) is 3.06. The fraction of sp³-hybridized carbons (Fsp3) is 0.200. The van der Waals surface area contributed by atoms with Crippen molar-refractivity contribution in [3.8, 4) is 5.75 Å². The molecule has 0 fully saturated rings. The highest BCUT2D eigenvalue weighted by Gasteiger charge is 2.13. The summed E-state index contributed by atoms with van der Waals surface area (Å²) in [6, 6.07) is 8.72. The number of pyridine rings is 1. The lowest BCUT2D eigenvalue weighted by atomic mass is 10.2. The highest BCUT2D eigenvalue weighted by Crippen LogP contribution is 2.23. The fourth-order valence-electron chi connectivity index (χ4n) is 1.74. The minimum Gasteiger partial charge on any atom is -0.493 e. The van der Waals surface area contributed by atoms with Gasteiger partial charge in [-0.15, -0.1) is 0 Å². The van der Waals surface area contributed by atoms with Crippen LogP contribution in [-0.4, -0.2) is 17.5 Å². The fourth-order valence-corrected chi connectivity index (χ4v) is 1.91. The second kappa shape index (κ2) is 6.91. The summed E-state index contributed by atoms with van der Waals surface area (Å²) in [7, 11) is 0. The summed E-state index contributed by atoms with van der Waals surface area (Å²) >= 11 is 5.93. The third-order valence-electron chi connectivity index (χ3n) is 2.66. The summed E-state index contributed by atoms with van der Waals surface area (Å²) in [6.45, 7) is 2.77. The number of rotatable bonds is 5. The van der Waals surface area contributed by atoms with Crippen LogP contribution in [0.3, 0.4) is 0 Å². The van der Waals surface area contributed by atoms with Crippen LogP contribution in [0.1, 0.15) is 22.8 Å². The standard InChI is InChI=1S/C15H15ClN2O2/c1-2-20-14-6-5-12(16)8-13(14)15(19)18-10-11-4-3-7-17-9-11/h3-9H,2,10H2,1H3,(H,18,19). The molecule has 104 valence electrons. The van der Waals surface area contributed by atoms with Crippen LogP contribution in [0.5, 0.6) is 5.75 Å². The Bertz CT molecular complexity index is 588. The number of nitrogens with one attached hydrogen (secondary N) is 1. The molecular formula is C15H15ClN2O2. The van der Waals surface area contributed by atoms with Crippen LogP contribution in [0.4, 0.5) is 0 Å². The second-order valence-electron chi connectivity index (χ2n) is 4.12. The Morgan fingerprint density at radius 3 is 2.95 bits per heavy atom. The van der Waals surface area contributed by atoms with E-state index >= 15 is 0 Å². The molecule has 0 saturated carbocycles. The number of halogens is 1. The maximum absolute atomic E-state index is 12.2. The lowest BCUT2D eigenvalue weighted by molar-refractivity contribution is 0.0947. The summed E-state index contributed by atoms with van der Waals surface area (Å²) in [5.41, 5.74) is 1.36. The van der Waals surface area contributed by atoms with Gasteiger partial charge in [-0.1, -0.05) is 17.7 Å². The molecule has 0 unspecified atom stereocenters. The van der Waals surface area contributed by atoms with Crippen molar-refractivity contribution in [2.24, 2.45) is 0 Å². The summed E-state index contributed by atoms with van der Waals surface area (Å²) in [6.07, 6.45) is 3.40. The van der Waals surface area contributed by atoms with Gasteiger partial charge in [0, 0.05) is 24.0 Å². The number of amides is 1. The molecule has 0 radical (unpaired) electrons. The summed E-state index contributed by atoms with van der Waals surface area (Å²) in [4.78, 5) is 16.2. The topological polar surface area (TPSA) is 51.2 Å². The average Bonchev–Trinajstić information content (AvgIpc) is 2.48. The van der Waals surface area contributed by atoms with Crippen LogP contribution < -0.4 is 10.1 Å². The van der Waals surface area contributed by atoms with Crippen molar-refractivity contribution in [1.82, 2.24) is 10.3 Å². The van der Waals surface area contributed by atoms with Crippen molar-refractivity contribution in [2.75, 3.05) is 6.61 Å². The Morgan fingerprint density at radius 1 is 1.40 bits per heavy atom. The van der Waals surface area contributed by atoms with Gasteiger partial charge in [0.25, 0.3) is 5.91 Å². The molecule has 2 aromatic rings. The molecule has 0 atom stereocenters. The molecule has 1 aromatic carbocycles. The van der Waals surface area contributed by atoms with E-state index in [2.05, 4.69) is 10.3 Å². The molecule has 20 heavy (non-hydrogen) atoms. The van der Waals surface area contributed by atoms with Gasteiger partial charge in [-0.05, 0) is 36.8 Å². The van der Waals surface area contributed by atoms with Gasteiger partial charge in [-0.25, -0.2) is 0 Å². The molecule has 0 aliphatic carbocycles. The number of carbonyl (C=O) groups is 1. The van der Waals surface area contributed by atoms with Gasteiger partial charge in [0.2, 0.25) is 0 Å². The second-order valence-corrected chi connectivity index (χ2v) is 4.55. The predicted molar refractivity (Wildman–Crippen MR) is 78.0 cm³/mol. The van der Waals surface area contributed by atoms with Gasteiger partial charge in [0.05, 0.1) is 12.2 Å². The molecule has 1 heterocycles. The van der Waals surface area contributed by atoms with E-state index in [0.29, 0.717) is 29.5 Å². The number of benzene rings is 1. The van der Waals surface area contributed by atoms with E-state index in [4.69, 9.17) is 16.3 Å². The van der Waals surface area contributed by atoms with Crippen molar-refractivity contribution >= 4 is 17.5 Å². The van der Waals surface area contributed by atoms with Gasteiger partial charge >= 0.3 is 0 Å². The minimum atomic E-state index is -0.222. The Morgan fingerprint density at radius 2 is 2.25 bits per heavy atom. The normalized spacial score (nSPS) is 10.1. The van der Waals surface area contributed by atoms with Crippen molar-refractivity contribution < 1.29 is 9.53 Å². The zero-order valence-electron chi connectivity index (χ0n) is 11.1. The summed E-state index contributed by atoms with van der Waals surface area (Å²) < 4.78 is 5.43. The van der Waals surface area contributed by atoms with Crippen LogP contribution in [-0.2, 0) is 6.54 Å². The monoisotopic (exact) mass is 290 g/mol. The van der Waals surface area contributed by atoms with Crippen molar-refractivity contribution in [2.45, 2.75) is 13.5 Å². The Kier molecular flexibility index (Phi) is 4.96. The molecule has 4 nitrogen and oxygen atoms in total. The van der Waals surface area contributed by atoms with Gasteiger partial charge in [-0.3, -0.25) is 9.78 Å². The maximum Gasteiger partial charge on any atom is 0.255 e. The first-order chi connectivity index (χ1) is 9.70. The molecular weight excluding hydrogens is 276 g/mol.